The fourth-order valence-corrected chi connectivity index (χ4v) is 4.35. The Labute approximate surface area is 237 Å². The van der Waals surface area contributed by atoms with Crippen molar-refractivity contribution in [1.29, 1.82) is 0 Å². The van der Waals surface area contributed by atoms with Gasteiger partial charge in [-0.15, -0.1) is 0 Å². The Bertz CT molecular complexity index is 1140. The largest absolute Gasteiger partial charge is 0.508 e. The number of phenols is 2. The van der Waals surface area contributed by atoms with Crippen molar-refractivity contribution in [2.24, 2.45) is 0 Å². The molecule has 0 spiro atoms. The van der Waals surface area contributed by atoms with Crippen LogP contribution in [0, 0.1) is 6.92 Å². The lowest BCUT2D eigenvalue weighted by Crippen LogP contribution is -2.55. The highest BCUT2D eigenvalue weighted by Gasteiger charge is 2.38. The number of unbranched alkanes of at least 4 members (excludes halogenated alkanes) is 2. The van der Waals surface area contributed by atoms with Crippen LogP contribution in [-0.2, 0) is 20.7 Å². The summed E-state index contributed by atoms with van der Waals surface area (Å²) in [6.07, 6.45) is 2.13. The van der Waals surface area contributed by atoms with Crippen molar-refractivity contribution in [3.8, 4) is 11.5 Å². The maximum Gasteiger partial charge on any atom is 0.408 e. The normalized spacial score (nSPS) is 12.9. The zero-order valence-corrected chi connectivity index (χ0v) is 24.8. The number of ether oxygens (including phenoxy) is 1. The van der Waals surface area contributed by atoms with Crippen molar-refractivity contribution in [2.75, 3.05) is 6.54 Å². The Morgan fingerprint density at radius 1 is 1.00 bits per heavy atom. The number of benzene rings is 2. The van der Waals surface area contributed by atoms with Gasteiger partial charge in [-0.3, -0.25) is 9.59 Å². The van der Waals surface area contributed by atoms with Crippen LogP contribution in [-0.4, -0.2) is 57.3 Å². The van der Waals surface area contributed by atoms with Gasteiger partial charge in [0.15, 0.2) is 0 Å². The monoisotopic (exact) mass is 555 g/mol. The average molecular weight is 556 g/mol. The van der Waals surface area contributed by atoms with Gasteiger partial charge in [0.05, 0.1) is 0 Å². The molecular weight excluding hydrogens is 510 g/mol. The molecule has 0 saturated heterocycles. The minimum Gasteiger partial charge on any atom is -0.508 e. The van der Waals surface area contributed by atoms with E-state index in [4.69, 9.17) is 4.74 Å². The molecular formula is C31H45N3O6. The molecule has 0 saturated carbocycles. The van der Waals surface area contributed by atoms with Crippen molar-refractivity contribution in [2.45, 2.75) is 97.9 Å². The number of carbonyl (C=O) groups is 3. The van der Waals surface area contributed by atoms with Gasteiger partial charge in [0.2, 0.25) is 11.8 Å². The minimum atomic E-state index is -1.06. The van der Waals surface area contributed by atoms with Gasteiger partial charge >= 0.3 is 6.09 Å². The van der Waals surface area contributed by atoms with Gasteiger partial charge in [0, 0.05) is 19.0 Å². The van der Waals surface area contributed by atoms with E-state index in [9.17, 15) is 24.6 Å². The molecule has 2 unspecified atom stereocenters. The minimum absolute atomic E-state index is 0.0815. The third kappa shape index (κ3) is 9.77. The molecule has 0 heterocycles. The molecule has 4 N–H and O–H groups in total. The molecule has 0 bridgehead atoms. The van der Waals surface area contributed by atoms with Crippen molar-refractivity contribution in [3.63, 3.8) is 0 Å². The van der Waals surface area contributed by atoms with E-state index in [1.165, 1.54) is 23.1 Å². The van der Waals surface area contributed by atoms with Crippen LogP contribution in [0.1, 0.15) is 83.5 Å². The Kier molecular flexibility index (Phi) is 11.8. The molecule has 2 rings (SSSR count). The van der Waals surface area contributed by atoms with Crippen LogP contribution in [0.25, 0.3) is 0 Å². The molecule has 9 nitrogen and oxygen atoms in total. The van der Waals surface area contributed by atoms with Crippen LogP contribution in [0.4, 0.5) is 4.79 Å². The van der Waals surface area contributed by atoms with E-state index in [1.807, 2.05) is 13.8 Å². The number of hydrogen-bond acceptors (Lipinski definition) is 6. The van der Waals surface area contributed by atoms with E-state index in [-0.39, 0.29) is 23.8 Å². The van der Waals surface area contributed by atoms with Crippen LogP contribution in [0.2, 0.25) is 0 Å². The van der Waals surface area contributed by atoms with Crippen LogP contribution in [0.15, 0.2) is 42.5 Å². The number of rotatable bonds is 12. The van der Waals surface area contributed by atoms with Crippen molar-refractivity contribution in [3.05, 3.63) is 59.2 Å². The van der Waals surface area contributed by atoms with E-state index in [0.29, 0.717) is 23.2 Å². The molecule has 220 valence electrons. The van der Waals surface area contributed by atoms with E-state index in [1.54, 1.807) is 52.0 Å². The Balaban J connectivity index is 2.53. The number of phenolic OH excluding ortho intramolecular Hbond substituents is 2. The third-order valence-electron chi connectivity index (χ3n) is 6.32. The summed E-state index contributed by atoms with van der Waals surface area (Å²) in [6, 6.07) is 8.73. The van der Waals surface area contributed by atoms with Gasteiger partial charge < -0.3 is 30.5 Å². The molecule has 9 heteroatoms. The number of amides is 3. The summed E-state index contributed by atoms with van der Waals surface area (Å²) < 4.78 is 5.45. The molecule has 40 heavy (non-hydrogen) atoms. The smallest absolute Gasteiger partial charge is 0.408 e. The first-order chi connectivity index (χ1) is 18.7. The molecule has 2 atom stereocenters. The lowest BCUT2D eigenvalue weighted by atomic mass is 9.97. The fourth-order valence-electron chi connectivity index (χ4n) is 4.35. The van der Waals surface area contributed by atoms with Gasteiger partial charge in [-0.25, -0.2) is 4.79 Å². The van der Waals surface area contributed by atoms with E-state index in [2.05, 4.69) is 17.6 Å². The fraction of sp³-hybridized carbons (Fsp3) is 0.516. The molecule has 0 aliphatic heterocycles. The Morgan fingerprint density at radius 2 is 1.65 bits per heavy atom. The van der Waals surface area contributed by atoms with Crippen LogP contribution in [0.3, 0.4) is 0 Å². The lowest BCUT2D eigenvalue weighted by Gasteiger charge is -2.37. The topological polar surface area (TPSA) is 128 Å². The van der Waals surface area contributed by atoms with Gasteiger partial charge in [-0.2, -0.15) is 0 Å². The van der Waals surface area contributed by atoms with E-state index in [0.717, 1.165) is 19.3 Å². The van der Waals surface area contributed by atoms with Crippen molar-refractivity contribution < 1.29 is 29.3 Å². The van der Waals surface area contributed by atoms with Gasteiger partial charge in [-0.1, -0.05) is 38.0 Å². The van der Waals surface area contributed by atoms with E-state index >= 15 is 0 Å². The number of nitrogens with zero attached hydrogens (tertiary/aromatic N) is 1. The summed E-state index contributed by atoms with van der Waals surface area (Å²) in [5, 5.41) is 25.5. The number of aryl methyl sites for hydroxylation is 1. The maximum absolute atomic E-state index is 14.3. The summed E-state index contributed by atoms with van der Waals surface area (Å²) >= 11 is 0. The molecule has 2 aromatic rings. The molecule has 0 aromatic heterocycles. The first-order valence-electron chi connectivity index (χ1n) is 13.9. The second kappa shape index (κ2) is 14.6. The standard InChI is InChI=1S/C31H45N3O6/c1-8-9-10-17-32-28(37)27(23-13-16-26(36)21(4)18-23)34(20(2)3)29(38)25(33-30(39)40-31(5,6)7)19-22-11-14-24(35)15-12-22/h11-16,18,20,25,27,35-36H,8-10,17,19H2,1-7H3,(H,32,37)(H,33,39). The zero-order valence-electron chi connectivity index (χ0n) is 24.8. The first-order valence-corrected chi connectivity index (χ1v) is 13.9. The maximum atomic E-state index is 14.3. The average Bonchev–Trinajstić information content (AvgIpc) is 2.86. The number of alkyl carbamates (subject to hydrolysis) is 1. The second-order valence-electron chi connectivity index (χ2n) is 11.4. The number of hydrogen-bond donors (Lipinski definition) is 4. The molecule has 2 aromatic carbocycles. The Morgan fingerprint density at radius 3 is 2.20 bits per heavy atom. The SMILES string of the molecule is CCCCCNC(=O)C(c1ccc(O)c(C)c1)N(C(=O)C(Cc1ccc(O)cc1)NC(=O)OC(C)(C)C)C(C)C. The van der Waals surface area contributed by atoms with Gasteiger partial charge in [-0.05, 0) is 88.9 Å². The van der Waals surface area contributed by atoms with Crippen LogP contribution < -0.4 is 10.6 Å². The Hall–Kier alpha value is -3.75. The summed E-state index contributed by atoms with van der Waals surface area (Å²) in [6.45, 7) is 13.1. The molecule has 0 aliphatic carbocycles. The van der Waals surface area contributed by atoms with Gasteiger partial charge in [0.1, 0.15) is 29.2 Å². The van der Waals surface area contributed by atoms with Crippen LogP contribution in [0.5, 0.6) is 11.5 Å². The van der Waals surface area contributed by atoms with Crippen molar-refractivity contribution >= 4 is 17.9 Å². The quantitative estimate of drug-likeness (QED) is 0.269. The second-order valence-corrected chi connectivity index (χ2v) is 11.4. The summed E-state index contributed by atoms with van der Waals surface area (Å²) in [7, 11) is 0. The lowest BCUT2D eigenvalue weighted by molar-refractivity contribution is -0.144. The highest BCUT2D eigenvalue weighted by Crippen LogP contribution is 2.29. The highest BCUT2D eigenvalue weighted by molar-refractivity contribution is 5.92. The van der Waals surface area contributed by atoms with Gasteiger partial charge in [0.25, 0.3) is 0 Å². The summed E-state index contributed by atoms with van der Waals surface area (Å²) in [4.78, 5) is 42.2. The summed E-state index contributed by atoms with van der Waals surface area (Å²) in [5.41, 5.74) is 1.05. The molecule has 0 fully saturated rings. The van der Waals surface area contributed by atoms with E-state index < -0.39 is 35.7 Å². The molecule has 0 radical (unpaired) electrons. The van der Waals surface area contributed by atoms with Crippen molar-refractivity contribution in [1.82, 2.24) is 15.5 Å². The summed E-state index contributed by atoms with van der Waals surface area (Å²) in [5.74, 6) is -0.639. The molecule has 3 amide bonds. The first kappa shape index (κ1) is 32.5. The highest BCUT2D eigenvalue weighted by atomic mass is 16.6. The third-order valence-corrected chi connectivity index (χ3v) is 6.32. The predicted molar refractivity (Wildman–Crippen MR) is 155 cm³/mol. The predicted octanol–water partition coefficient (Wildman–Crippen LogP) is 5.13. The van der Waals surface area contributed by atoms with Crippen LogP contribution >= 0.6 is 0 Å². The number of nitrogens with one attached hydrogen (secondary N) is 2. The number of carbonyl (C=O) groups excluding carboxylic acids is 3. The molecule has 0 aliphatic rings. The zero-order chi connectivity index (χ0) is 30.0. The number of aromatic hydroxyl groups is 2.